The largest absolute Gasteiger partial charge is 0.457 e. The number of benzene rings is 5. The van der Waals surface area contributed by atoms with Gasteiger partial charge in [-0.25, -0.2) is 4.85 Å². The van der Waals surface area contributed by atoms with E-state index in [1.165, 1.54) is 22.3 Å². The summed E-state index contributed by atoms with van der Waals surface area (Å²) in [6.07, 6.45) is 0. The summed E-state index contributed by atoms with van der Waals surface area (Å²) >= 11 is 3.75. The Balaban J connectivity index is 1.60. The van der Waals surface area contributed by atoms with Crippen molar-refractivity contribution in [2.24, 2.45) is 0 Å². The first-order valence-electron chi connectivity index (χ1n) is 11.5. The van der Waals surface area contributed by atoms with Crippen LogP contribution in [-0.2, 0) is 5.41 Å². The fraction of sp³-hybridized carbons (Fsp3) is 0.0312. The van der Waals surface area contributed by atoms with Gasteiger partial charge in [-0.1, -0.05) is 94.8 Å². The van der Waals surface area contributed by atoms with Crippen molar-refractivity contribution >= 4 is 21.6 Å². The van der Waals surface area contributed by atoms with Crippen LogP contribution in [0.4, 0.5) is 5.69 Å². The Morgan fingerprint density at radius 1 is 0.600 bits per heavy atom. The van der Waals surface area contributed by atoms with Gasteiger partial charge >= 0.3 is 0 Å². The molecule has 0 aromatic heterocycles. The minimum absolute atomic E-state index is 0.494. The highest BCUT2D eigenvalue weighted by molar-refractivity contribution is 9.10. The van der Waals surface area contributed by atoms with Crippen LogP contribution >= 0.6 is 15.9 Å². The molecule has 5 aromatic rings. The molecular formula is C32H18BrNO. The predicted molar refractivity (Wildman–Crippen MR) is 143 cm³/mol. The Morgan fingerprint density at radius 3 is 1.83 bits per heavy atom. The highest BCUT2D eigenvalue weighted by Gasteiger charge is 2.51. The molecule has 164 valence electrons. The molecular weight excluding hydrogens is 494 g/mol. The molecule has 1 spiro atoms. The van der Waals surface area contributed by atoms with Crippen molar-refractivity contribution in [3.8, 4) is 33.8 Å². The van der Waals surface area contributed by atoms with Gasteiger partial charge in [0.25, 0.3) is 0 Å². The van der Waals surface area contributed by atoms with Gasteiger partial charge in [-0.15, -0.1) is 0 Å². The number of para-hydroxylation sites is 2. The summed E-state index contributed by atoms with van der Waals surface area (Å²) in [5, 5.41) is 0. The quantitative estimate of drug-likeness (QED) is 0.200. The van der Waals surface area contributed by atoms with Crippen molar-refractivity contribution in [2.75, 3.05) is 0 Å². The molecule has 0 unspecified atom stereocenters. The van der Waals surface area contributed by atoms with Gasteiger partial charge in [-0.3, -0.25) is 0 Å². The second-order valence-corrected chi connectivity index (χ2v) is 9.87. The lowest BCUT2D eigenvalue weighted by molar-refractivity contribution is 0.436. The monoisotopic (exact) mass is 511 g/mol. The molecule has 1 aliphatic carbocycles. The van der Waals surface area contributed by atoms with E-state index in [-0.39, 0.29) is 0 Å². The molecule has 1 aliphatic heterocycles. The second-order valence-electron chi connectivity index (χ2n) is 8.95. The van der Waals surface area contributed by atoms with Crippen molar-refractivity contribution in [1.82, 2.24) is 0 Å². The first-order valence-corrected chi connectivity index (χ1v) is 12.3. The van der Waals surface area contributed by atoms with E-state index in [2.05, 4.69) is 93.6 Å². The molecule has 2 nitrogen and oxygen atoms in total. The van der Waals surface area contributed by atoms with Crippen molar-refractivity contribution in [2.45, 2.75) is 5.41 Å². The van der Waals surface area contributed by atoms with Crippen LogP contribution in [0.1, 0.15) is 22.3 Å². The van der Waals surface area contributed by atoms with Gasteiger partial charge in [-0.2, -0.15) is 0 Å². The van der Waals surface area contributed by atoms with Crippen LogP contribution in [0.25, 0.3) is 27.1 Å². The number of rotatable bonds is 1. The van der Waals surface area contributed by atoms with E-state index in [0.29, 0.717) is 5.69 Å². The van der Waals surface area contributed by atoms with Crippen LogP contribution < -0.4 is 4.74 Å². The lowest BCUT2D eigenvalue weighted by Gasteiger charge is -2.39. The minimum Gasteiger partial charge on any atom is -0.457 e. The first kappa shape index (κ1) is 20.3. The molecule has 35 heavy (non-hydrogen) atoms. The molecule has 0 N–H and O–H groups in total. The van der Waals surface area contributed by atoms with Crippen molar-refractivity contribution in [3.05, 3.63) is 147 Å². The molecule has 0 atom stereocenters. The lowest BCUT2D eigenvalue weighted by atomic mass is 9.66. The SMILES string of the molecule is [C-]#[N+]c1ccc(-c2ccc3c(c2)C2(c4ccccc4Oc4ccccc42)c2cc(Br)ccc2-3)cc1. The standard InChI is InChI=1S/C32H18BrNO/c1-34-23-14-10-20(11-15-23)21-12-16-24-25-17-13-22(33)19-29(25)32(28(24)18-21)26-6-2-4-8-30(26)35-31-9-5-3-7-27(31)32/h2-19H. The van der Waals surface area contributed by atoms with Gasteiger partial charge in [0.15, 0.2) is 5.69 Å². The Labute approximate surface area is 212 Å². The van der Waals surface area contributed by atoms with Gasteiger partial charge in [0.05, 0.1) is 12.0 Å². The highest BCUT2D eigenvalue weighted by atomic mass is 79.9. The van der Waals surface area contributed by atoms with E-state index < -0.39 is 5.41 Å². The van der Waals surface area contributed by atoms with Crippen LogP contribution in [-0.4, -0.2) is 0 Å². The van der Waals surface area contributed by atoms with Crippen LogP contribution in [0.15, 0.2) is 114 Å². The Hall–Kier alpha value is -4.13. The van der Waals surface area contributed by atoms with Gasteiger partial charge < -0.3 is 4.74 Å². The van der Waals surface area contributed by atoms with Gasteiger partial charge in [-0.05, 0) is 63.7 Å². The van der Waals surface area contributed by atoms with E-state index in [4.69, 9.17) is 11.3 Å². The molecule has 7 rings (SSSR count). The summed E-state index contributed by atoms with van der Waals surface area (Å²) in [5.74, 6) is 1.77. The Morgan fingerprint density at radius 2 is 1.17 bits per heavy atom. The summed E-state index contributed by atoms with van der Waals surface area (Å²) in [4.78, 5) is 3.55. The third-order valence-corrected chi connectivity index (χ3v) is 7.72. The summed E-state index contributed by atoms with van der Waals surface area (Å²) in [5.41, 5.74) is 9.67. The molecule has 0 saturated carbocycles. The average molecular weight is 512 g/mol. The summed E-state index contributed by atoms with van der Waals surface area (Å²) in [7, 11) is 0. The lowest BCUT2D eigenvalue weighted by Crippen LogP contribution is -2.32. The van der Waals surface area contributed by atoms with Crippen LogP contribution in [0, 0.1) is 6.57 Å². The molecule has 0 radical (unpaired) electrons. The zero-order chi connectivity index (χ0) is 23.6. The molecule has 1 heterocycles. The zero-order valence-corrected chi connectivity index (χ0v) is 20.2. The van der Waals surface area contributed by atoms with Gasteiger partial charge in [0.2, 0.25) is 0 Å². The maximum absolute atomic E-state index is 7.29. The number of halogens is 1. The number of nitrogens with zero attached hydrogens (tertiary/aromatic N) is 1. The molecule has 0 fully saturated rings. The molecule has 0 bridgehead atoms. The molecule has 0 saturated heterocycles. The Bertz CT molecular complexity index is 1650. The van der Waals surface area contributed by atoms with E-state index >= 15 is 0 Å². The molecule has 0 amide bonds. The third kappa shape index (κ3) is 2.75. The summed E-state index contributed by atoms with van der Waals surface area (Å²) in [6, 6.07) is 38.0. The number of hydrogen-bond donors (Lipinski definition) is 0. The predicted octanol–water partition coefficient (Wildman–Crippen LogP) is 9.14. The maximum atomic E-state index is 7.29. The Kier molecular flexibility index (Phi) is 4.30. The summed E-state index contributed by atoms with van der Waals surface area (Å²) < 4.78 is 7.48. The van der Waals surface area contributed by atoms with Crippen molar-refractivity contribution < 1.29 is 4.74 Å². The van der Waals surface area contributed by atoms with Gasteiger partial charge in [0, 0.05) is 15.6 Å². The van der Waals surface area contributed by atoms with E-state index in [1.807, 2.05) is 36.4 Å². The average Bonchev–Trinajstić information content (AvgIpc) is 3.18. The molecule has 2 aliphatic rings. The van der Waals surface area contributed by atoms with E-state index in [1.54, 1.807) is 0 Å². The summed E-state index contributed by atoms with van der Waals surface area (Å²) in [6.45, 7) is 7.29. The third-order valence-electron chi connectivity index (χ3n) is 7.23. The molecule has 5 aromatic carbocycles. The number of ether oxygens (including phenoxy) is 1. The van der Waals surface area contributed by atoms with Crippen molar-refractivity contribution in [1.29, 1.82) is 0 Å². The molecule has 3 heteroatoms. The fourth-order valence-corrected chi connectivity index (χ4v) is 6.14. The smallest absolute Gasteiger partial charge is 0.187 e. The minimum atomic E-state index is -0.494. The first-order chi connectivity index (χ1) is 17.2. The maximum Gasteiger partial charge on any atom is 0.187 e. The van der Waals surface area contributed by atoms with Crippen LogP contribution in [0.3, 0.4) is 0 Å². The topological polar surface area (TPSA) is 13.6 Å². The zero-order valence-electron chi connectivity index (χ0n) is 18.6. The number of hydrogen-bond acceptors (Lipinski definition) is 1. The van der Waals surface area contributed by atoms with Crippen LogP contribution in [0.5, 0.6) is 11.5 Å². The second kappa shape index (κ2) is 7.43. The highest BCUT2D eigenvalue weighted by Crippen LogP contribution is 2.62. The van der Waals surface area contributed by atoms with Crippen LogP contribution in [0.2, 0.25) is 0 Å². The van der Waals surface area contributed by atoms with Crippen molar-refractivity contribution in [3.63, 3.8) is 0 Å². The number of fused-ring (bicyclic) bond motifs is 9. The fourth-order valence-electron chi connectivity index (χ4n) is 5.78. The normalized spacial score (nSPS) is 13.7. The van der Waals surface area contributed by atoms with E-state index in [0.717, 1.165) is 38.2 Å². The van der Waals surface area contributed by atoms with Gasteiger partial charge in [0.1, 0.15) is 11.5 Å². The van der Waals surface area contributed by atoms with E-state index in [9.17, 15) is 0 Å².